The molecule has 0 bridgehead atoms. The lowest BCUT2D eigenvalue weighted by Gasteiger charge is -2.35. The van der Waals surface area contributed by atoms with Gasteiger partial charge in [-0.05, 0) is 39.5 Å². The molecule has 2 aliphatic carbocycles. The molecule has 0 radical (unpaired) electrons. The van der Waals surface area contributed by atoms with Gasteiger partial charge in [-0.1, -0.05) is 19.3 Å². The van der Waals surface area contributed by atoms with Gasteiger partial charge in [0, 0.05) is 18.4 Å². The van der Waals surface area contributed by atoms with Gasteiger partial charge in [-0.25, -0.2) is 9.59 Å². The quantitative estimate of drug-likeness (QED) is 0.662. The second kappa shape index (κ2) is 7.56. The summed E-state index contributed by atoms with van der Waals surface area (Å²) in [5.41, 5.74) is -0.694. The highest BCUT2D eigenvalue weighted by atomic mass is 35.5. The Hall–Kier alpha value is -1.21. The van der Waals surface area contributed by atoms with Crippen molar-refractivity contribution >= 4 is 41.2 Å². The number of ether oxygens (including phenoxy) is 1. The van der Waals surface area contributed by atoms with E-state index in [1.54, 1.807) is 20.8 Å². The van der Waals surface area contributed by atoms with Crippen LogP contribution in [-0.2, 0) is 14.3 Å². The van der Waals surface area contributed by atoms with Crippen molar-refractivity contribution in [2.45, 2.75) is 74.9 Å². The smallest absolute Gasteiger partial charge is 0.408 e. The van der Waals surface area contributed by atoms with Gasteiger partial charge < -0.3 is 20.1 Å². The summed E-state index contributed by atoms with van der Waals surface area (Å²) < 4.78 is 4.23. The molecule has 3 rings (SSSR count). The van der Waals surface area contributed by atoms with E-state index >= 15 is 0 Å². The summed E-state index contributed by atoms with van der Waals surface area (Å²) in [6, 6.07) is -1.88. The molecule has 1 saturated heterocycles. The number of piperidine rings is 1. The van der Waals surface area contributed by atoms with E-state index in [-0.39, 0.29) is 24.3 Å². The number of rotatable bonds is 4. The predicted molar refractivity (Wildman–Crippen MR) is 104 cm³/mol. The van der Waals surface area contributed by atoms with E-state index in [2.05, 4.69) is 5.32 Å². The number of aliphatic carboxylic acids is 1. The van der Waals surface area contributed by atoms with Crippen LogP contribution in [0.3, 0.4) is 0 Å². The van der Waals surface area contributed by atoms with Gasteiger partial charge in [-0.15, -0.1) is 23.2 Å². The first-order valence-corrected chi connectivity index (χ1v) is 10.6. The molecule has 4 atom stereocenters. The van der Waals surface area contributed by atoms with Crippen molar-refractivity contribution in [1.29, 1.82) is 0 Å². The SMILES string of the molecule is CC(C)(C)OC(=O)N[C@H](C(=O)N1C[C@H]2C([C@H]1C(=O)O)C2(Cl)Cl)C1CCCCC1. The highest BCUT2D eigenvalue weighted by Gasteiger charge is 2.74. The third-order valence-electron chi connectivity index (χ3n) is 5.93. The highest BCUT2D eigenvalue weighted by Crippen LogP contribution is 2.65. The number of carbonyl (C=O) groups is 3. The zero-order valence-electron chi connectivity index (χ0n) is 16.4. The topological polar surface area (TPSA) is 95.9 Å². The normalized spacial score (nSPS) is 30.3. The molecule has 2 saturated carbocycles. The fraction of sp³-hybridized carbons (Fsp3) is 0.842. The van der Waals surface area contributed by atoms with E-state index in [9.17, 15) is 19.5 Å². The molecule has 158 valence electrons. The van der Waals surface area contributed by atoms with Crippen LogP contribution in [0, 0.1) is 17.8 Å². The Labute approximate surface area is 175 Å². The third kappa shape index (κ3) is 4.20. The number of carbonyl (C=O) groups excluding carboxylic acids is 2. The number of nitrogens with zero attached hydrogens (tertiary/aromatic N) is 1. The van der Waals surface area contributed by atoms with Crippen LogP contribution in [-0.4, -0.2) is 56.5 Å². The van der Waals surface area contributed by atoms with Crippen LogP contribution in [0.2, 0.25) is 0 Å². The molecule has 0 aromatic rings. The molecule has 0 aromatic carbocycles. The van der Waals surface area contributed by atoms with E-state index in [1.165, 1.54) is 4.90 Å². The van der Waals surface area contributed by atoms with E-state index in [0.29, 0.717) is 0 Å². The van der Waals surface area contributed by atoms with Gasteiger partial charge in [0.1, 0.15) is 22.0 Å². The van der Waals surface area contributed by atoms with Gasteiger partial charge in [-0.3, -0.25) is 4.79 Å². The fourth-order valence-electron chi connectivity index (χ4n) is 4.58. The number of carboxylic acids is 1. The zero-order chi connectivity index (χ0) is 20.9. The van der Waals surface area contributed by atoms with Gasteiger partial charge in [0.15, 0.2) is 0 Å². The van der Waals surface area contributed by atoms with Gasteiger partial charge in [-0.2, -0.15) is 0 Å². The molecule has 2 amide bonds. The minimum absolute atomic E-state index is 0.0445. The van der Waals surface area contributed by atoms with E-state index < -0.39 is 40.0 Å². The van der Waals surface area contributed by atoms with Crippen LogP contribution in [0.15, 0.2) is 0 Å². The van der Waals surface area contributed by atoms with Gasteiger partial charge in [0.2, 0.25) is 5.91 Å². The molecular formula is C19H28Cl2N2O5. The molecule has 2 N–H and O–H groups in total. The molecular weight excluding hydrogens is 407 g/mol. The van der Waals surface area contributed by atoms with Crippen molar-refractivity contribution in [3.63, 3.8) is 0 Å². The summed E-state index contributed by atoms with van der Waals surface area (Å²) in [5.74, 6) is -2.29. The maximum absolute atomic E-state index is 13.3. The Morgan fingerprint density at radius 2 is 1.79 bits per heavy atom. The van der Waals surface area contributed by atoms with E-state index in [0.717, 1.165) is 32.1 Å². The van der Waals surface area contributed by atoms with Crippen molar-refractivity contribution in [2.24, 2.45) is 17.8 Å². The molecule has 0 spiro atoms. The van der Waals surface area contributed by atoms with Crippen LogP contribution in [0.5, 0.6) is 0 Å². The van der Waals surface area contributed by atoms with Crippen LogP contribution in [0.25, 0.3) is 0 Å². The number of amides is 2. The standard InChI is InChI=1S/C19H28Cl2N2O5/c1-18(2,3)28-17(27)22-13(10-7-5-4-6-8-10)15(24)23-9-11-12(19(11,20)21)14(23)16(25)26/h10-14H,4-9H2,1-3H3,(H,22,27)(H,25,26)/t11-,12?,13-,14-/m0/s1. The molecule has 9 heteroatoms. The number of carboxylic acid groups (broad SMARTS) is 1. The van der Waals surface area contributed by atoms with Crippen LogP contribution >= 0.6 is 23.2 Å². The highest BCUT2D eigenvalue weighted by molar-refractivity contribution is 6.51. The third-order valence-corrected chi connectivity index (χ3v) is 6.99. The van der Waals surface area contributed by atoms with Crippen LogP contribution < -0.4 is 5.32 Å². The Bertz CT molecular complexity index is 657. The molecule has 1 aliphatic heterocycles. The minimum Gasteiger partial charge on any atom is -0.480 e. The van der Waals surface area contributed by atoms with Crippen molar-refractivity contribution in [2.75, 3.05) is 6.54 Å². The molecule has 7 nitrogen and oxygen atoms in total. The van der Waals surface area contributed by atoms with Gasteiger partial charge in [0.25, 0.3) is 0 Å². The first-order valence-electron chi connectivity index (χ1n) is 9.84. The van der Waals surface area contributed by atoms with Gasteiger partial charge in [0.05, 0.1) is 0 Å². The molecule has 1 unspecified atom stereocenters. The average Bonchev–Trinajstić information content (AvgIpc) is 2.95. The Balaban J connectivity index is 1.78. The largest absolute Gasteiger partial charge is 0.480 e. The first-order chi connectivity index (χ1) is 12.9. The Kier molecular flexibility index (Phi) is 5.80. The summed E-state index contributed by atoms with van der Waals surface area (Å²) in [5, 5.41) is 12.4. The van der Waals surface area contributed by atoms with Crippen molar-refractivity contribution in [1.82, 2.24) is 10.2 Å². The van der Waals surface area contributed by atoms with Gasteiger partial charge >= 0.3 is 12.1 Å². The van der Waals surface area contributed by atoms with Crippen molar-refractivity contribution in [3.05, 3.63) is 0 Å². The summed E-state index contributed by atoms with van der Waals surface area (Å²) in [6.07, 6.45) is 3.99. The maximum atomic E-state index is 13.3. The minimum atomic E-state index is -1.12. The number of fused-ring (bicyclic) bond motifs is 1. The Morgan fingerprint density at radius 1 is 1.18 bits per heavy atom. The van der Waals surface area contributed by atoms with E-state index in [1.807, 2.05) is 0 Å². The molecule has 0 aromatic heterocycles. The number of hydrogen-bond acceptors (Lipinski definition) is 4. The lowest BCUT2D eigenvalue weighted by Crippen LogP contribution is -2.57. The van der Waals surface area contributed by atoms with Crippen molar-refractivity contribution in [3.8, 4) is 0 Å². The second-order valence-corrected chi connectivity index (χ2v) is 10.5. The maximum Gasteiger partial charge on any atom is 0.408 e. The monoisotopic (exact) mass is 434 g/mol. The van der Waals surface area contributed by atoms with E-state index in [4.69, 9.17) is 27.9 Å². The average molecular weight is 435 g/mol. The second-order valence-electron chi connectivity index (χ2n) is 9.10. The molecule has 1 heterocycles. The summed E-state index contributed by atoms with van der Waals surface area (Å²) in [6.45, 7) is 5.43. The lowest BCUT2D eigenvalue weighted by atomic mass is 9.83. The predicted octanol–water partition coefficient (Wildman–Crippen LogP) is 3.18. The number of likely N-dealkylation sites (tertiary alicyclic amines) is 1. The number of alkyl halides is 2. The fourth-order valence-corrected chi connectivity index (χ4v) is 5.40. The van der Waals surface area contributed by atoms with Crippen LogP contribution in [0.4, 0.5) is 4.79 Å². The molecule has 3 fully saturated rings. The molecule has 28 heavy (non-hydrogen) atoms. The lowest BCUT2D eigenvalue weighted by molar-refractivity contribution is -0.151. The number of alkyl carbamates (subject to hydrolysis) is 1. The number of hydrogen-bond donors (Lipinski definition) is 2. The summed E-state index contributed by atoms with van der Waals surface area (Å²) in [4.78, 5) is 38.9. The zero-order valence-corrected chi connectivity index (χ0v) is 17.9. The first kappa shape index (κ1) is 21.5. The van der Waals surface area contributed by atoms with Crippen molar-refractivity contribution < 1.29 is 24.2 Å². The number of nitrogens with one attached hydrogen (secondary N) is 1. The summed E-state index contributed by atoms with van der Waals surface area (Å²) >= 11 is 12.4. The van der Waals surface area contributed by atoms with Crippen LogP contribution in [0.1, 0.15) is 52.9 Å². The molecule has 3 aliphatic rings. The summed E-state index contributed by atoms with van der Waals surface area (Å²) in [7, 11) is 0. The number of halogens is 2. The Morgan fingerprint density at radius 3 is 2.32 bits per heavy atom.